The topological polar surface area (TPSA) is 75.6 Å². The summed E-state index contributed by atoms with van der Waals surface area (Å²) in [6.45, 7) is 0.0474. The summed E-state index contributed by atoms with van der Waals surface area (Å²) in [4.78, 5) is 21.8. The summed E-state index contributed by atoms with van der Waals surface area (Å²) in [5.41, 5.74) is 0.422. The van der Waals surface area contributed by atoms with E-state index in [4.69, 9.17) is 9.84 Å². The fourth-order valence-corrected chi connectivity index (χ4v) is 1.43. The molecular formula is C12H14FNO4. The molecule has 0 atom stereocenters. The van der Waals surface area contributed by atoms with Crippen molar-refractivity contribution in [3.8, 4) is 5.75 Å². The molecule has 0 saturated carbocycles. The molecular weight excluding hydrogens is 241 g/mol. The number of rotatable bonds is 6. The molecule has 0 spiro atoms. The zero-order valence-corrected chi connectivity index (χ0v) is 9.90. The van der Waals surface area contributed by atoms with Gasteiger partial charge in [-0.1, -0.05) is 0 Å². The first-order chi connectivity index (χ1) is 8.52. The Morgan fingerprint density at radius 1 is 1.44 bits per heavy atom. The molecule has 0 bridgehead atoms. The number of hydrogen-bond donors (Lipinski definition) is 2. The number of hydrogen-bond acceptors (Lipinski definition) is 3. The summed E-state index contributed by atoms with van der Waals surface area (Å²) >= 11 is 0. The smallest absolute Gasteiger partial charge is 0.305 e. The van der Waals surface area contributed by atoms with Crippen molar-refractivity contribution >= 4 is 11.9 Å². The van der Waals surface area contributed by atoms with E-state index in [1.165, 1.54) is 25.3 Å². The number of benzene rings is 1. The molecule has 1 aromatic rings. The lowest BCUT2D eigenvalue weighted by Gasteiger charge is -2.08. The molecule has 18 heavy (non-hydrogen) atoms. The maximum Gasteiger partial charge on any atom is 0.305 e. The summed E-state index contributed by atoms with van der Waals surface area (Å²) in [5.74, 6) is -1.40. The molecule has 2 N–H and O–H groups in total. The van der Waals surface area contributed by atoms with Crippen LogP contribution in [-0.4, -0.2) is 30.6 Å². The minimum atomic E-state index is -0.987. The molecule has 0 fully saturated rings. The monoisotopic (exact) mass is 255 g/mol. The Morgan fingerprint density at radius 3 is 2.78 bits per heavy atom. The minimum Gasteiger partial charge on any atom is -0.496 e. The van der Waals surface area contributed by atoms with E-state index in [-0.39, 0.29) is 25.3 Å². The highest BCUT2D eigenvalue weighted by Gasteiger charge is 2.10. The third-order valence-electron chi connectivity index (χ3n) is 2.25. The van der Waals surface area contributed by atoms with Gasteiger partial charge in [0.25, 0.3) is 0 Å². The predicted molar refractivity (Wildman–Crippen MR) is 61.9 cm³/mol. The minimum absolute atomic E-state index is 0.0474. The number of aliphatic carboxylic acids is 1. The quantitative estimate of drug-likeness (QED) is 0.794. The van der Waals surface area contributed by atoms with Gasteiger partial charge >= 0.3 is 5.97 Å². The van der Waals surface area contributed by atoms with Gasteiger partial charge in [-0.05, 0) is 18.2 Å². The summed E-state index contributed by atoms with van der Waals surface area (Å²) in [6, 6.07) is 3.90. The fourth-order valence-electron chi connectivity index (χ4n) is 1.43. The number of carboxylic acids is 1. The van der Waals surface area contributed by atoms with Crippen LogP contribution in [0.15, 0.2) is 18.2 Å². The van der Waals surface area contributed by atoms with Gasteiger partial charge in [-0.2, -0.15) is 0 Å². The molecule has 0 aliphatic rings. The molecule has 1 aromatic carbocycles. The fraction of sp³-hybridized carbons (Fsp3) is 0.333. The third-order valence-corrected chi connectivity index (χ3v) is 2.25. The van der Waals surface area contributed by atoms with Crippen LogP contribution in [0.4, 0.5) is 4.39 Å². The molecule has 5 nitrogen and oxygen atoms in total. The van der Waals surface area contributed by atoms with E-state index in [1.807, 2.05) is 0 Å². The Morgan fingerprint density at radius 2 is 2.17 bits per heavy atom. The van der Waals surface area contributed by atoms with Gasteiger partial charge in [0.2, 0.25) is 5.91 Å². The Bertz CT molecular complexity index is 448. The van der Waals surface area contributed by atoms with Crippen LogP contribution in [0.3, 0.4) is 0 Å². The van der Waals surface area contributed by atoms with Crippen LogP contribution in [-0.2, 0) is 16.0 Å². The van der Waals surface area contributed by atoms with Crippen LogP contribution >= 0.6 is 0 Å². The molecule has 0 aromatic heterocycles. The van der Waals surface area contributed by atoms with E-state index >= 15 is 0 Å². The van der Waals surface area contributed by atoms with Gasteiger partial charge in [0.15, 0.2) is 0 Å². The van der Waals surface area contributed by atoms with Crippen molar-refractivity contribution in [2.24, 2.45) is 0 Å². The Hall–Kier alpha value is -2.11. The van der Waals surface area contributed by atoms with E-state index in [0.29, 0.717) is 11.3 Å². The highest BCUT2D eigenvalue weighted by Crippen LogP contribution is 2.19. The SMILES string of the molecule is COc1ccc(F)cc1CC(=O)NCCC(=O)O. The van der Waals surface area contributed by atoms with Crippen molar-refractivity contribution in [2.45, 2.75) is 12.8 Å². The number of nitrogens with one attached hydrogen (secondary N) is 1. The van der Waals surface area contributed by atoms with Crippen molar-refractivity contribution in [3.05, 3.63) is 29.6 Å². The maximum absolute atomic E-state index is 13.0. The first-order valence-corrected chi connectivity index (χ1v) is 5.34. The third kappa shape index (κ3) is 4.40. The Kier molecular flexibility index (Phi) is 5.10. The number of methoxy groups -OCH3 is 1. The average molecular weight is 255 g/mol. The lowest BCUT2D eigenvalue weighted by molar-refractivity contribution is -0.136. The highest BCUT2D eigenvalue weighted by atomic mass is 19.1. The van der Waals surface area contributed by atoms with Crippen LogP contribution in [0, 0.1) is 5.82 Å². The average Bonchev–Trinajstić information content (AvgIpc) is 2.28. The number of carbonyl (C=O) groups excluding carboxylic acids is 1. The van der Waals surface area contributed by atoms with Gasteiger partial charge in [-0.25, -0.2) is 4.39 Å². The Balaban J connectivity index is 2.58. The second kappa shape index (κ2) is 6.58. The molecule has 1 rings (SSSR count). The summed E-state index contributed by atoms with van der Waals surface area (Å²) in [6.07, 6.45) is -0.202. The molecule has 0 saturated heterocycles. The Labute approximate surface area is 104 Å². The largest absolute Gasteiger partial charge is 0.496 e. The molecule has 0 radical (unpaired) electrons. The van der Waals surface area contributed by atoms with Crippen LogP contribution in [0.1, 0.15) is 12.0 Å². The standard InChI is InChI=1S/C12H14FNO4/c1-18-10-3-2-9(13)6-8(10)7-11(15)14-5-4-12(16)17/h2-3,6H,4-5,7H2,1H3,(H,14,15)(H,16,17). The van der Waals surface area contributed by atoms with E-state index < -0.39 is 11.8 Å². The van der Waals surface area contributed by atoms with E-state index in [1.54, 1.807) is 0 Å². The second-order valence-corrected chi connectivity index (χ2v) is 3.63. The number of amides is 1. The zero-order valence-electron chi connectivity index (χ0n) is 9.90. The van der Waals surface area contributed by atoms with E-state index in [0.717, 1.165) is 0 Å². The van der Waals surface area contributed by atoms with E-state index in [9.17, 15) is 14.0 Å². The van der Waals surface area contributed by atoms with Crippen LogP contribution < -0.4 is 10.1 Å². The number of carbonyl (C=O) groups is 2. The van der Waals surface area contributed by atoms with Crippen LogP contribution in [0.25, 0.3) is 0 Å². The summed E-state index contributed by atoms with van der Waals surface area (Å²) in [7, 11) is 1.43. The summed E-state index contributed by atoms with van der Waals surface area (Å²) in [5, 5.41) is 10.8. The number of carboxylic acid groups (broad SMARTS) is 1. The van der Waals surface area contributed by atoms with Crippen molar-refractivity contribution in [1.82, 2.24) is 5.32 Å². The van der Waals surface area contributed by atoms with E-state index in [2.05, 4.69) is 5.32 Å². The van der Waals surface area contributed by atoms with Gasteiger partial charge in [0.05, 0.1) is 20.0 Å². The highest BCUT2D eigenvalue weighted by molar-refractivity contribution is 5.79. The van der Waals surface area contributed by atoms with Gasteiger partial charge in [-0.15, -0.1) is 0 Å². The second-order valence-electron chi connectivity index (χ2n) is 3.63. The molecule has 1 amide bonds. The molecule has 98 valence electrons. The lowest BCUT2D eigenvalue weighted by atomic mass is 10.1. The molecule has 0 aliphatic carbocycles. The van der Waals surface area contributed by atoms with Crippen LogP contribution in [0.5, 0.6) is 5.75 Å². The first-order valence-electron chi connectivity index (χ1n) is 5.34. The first kappa shape index (κ1) is 14.0. The van der Waals surface area contributed by atoms with Crippen LogP contribution in [0.2, 0.25) is 0 Å². The van der Waals surface area contributed by atoms with Gasteiger partial charge < -0.3 is 15.2 Å². The van der Waals surface area contributed by atoms with Gasteiger partial charge in [0.1, 0.15) is 11.6 Å². The predicted octanol–water partition coefficient (Wildman–Crippen LogP) is 0.968. The molecule has 0 aliphatic heterocycles. The molecule has 0 heterocycles. The number of halogens is 1. The van der Waals surface area contributed by atoms with Crippen molar-refractivity contribution in [1.29, 1.82) is 0 Å². The lowest BCUT2D eigenvalue weighted by Crippen LogP contribution is -2.27. The maximum atomic E-state index is 13.0. The number of ether oxygens (including phenoxy) is 1. The van der Waals surface area contributed by atoms with Gasteiger partial charge in [0, 0.05) is 12.1 Å². The van der Waals surface area contributed by atoms with Crippen molar-refractivity contribution in [2.75, 3.05) is 13.7 Å². The zero-order chi connectivity index (χ0) is 13.5. The molecule has 0 unspecified atom stereocenters. The van der Waals surface area contributed by atoms with Crippen molar-refractivity contribution in [3.63, 3.8) is 0 Å². The summed E-state index contributed by atoms with van der Waals surface area (Å²) < 4.78 is 18.0. The van der Waals surface area contributed by atoms with Gasteiger partial charge in [-0.3, -0.25) is 9.59 Å². The molecule has 6 heteroatoms. The van der Waals surface area contributed by atoms with Crippen molar-refractivity contribution < 1.29 is 23.8 Å². The normalized spacial score (nSPS) is 9.89.